The Morgan fingerprint density at radius 1 is 0.875 bits per heavy atom. The average molecular weight is 356 g/mol. The highest BCUT2D eigenvalue weighted by Gasteiger charge is 2.32. The van der Waals surface area contributed by atoms with Crippen molar-refractivity contribution in [1.82, 2.24) is 9.97 Å². The molecule has 124 valence electrons. The normalized spacial score (nSPS) is 10.3. The van der Waals surface area contributed by atoms with Gasteiger partial charge in [-0.25, -0.2) is 4.98 Å². The van der Waals surface area contributed by atoms with E-state index in [0.717, 1.165) is 6.20 Å². The van der Waals surface area contributed by atoms with E-state index >= 15 is 0 Å². The standard InChI is InChI=1S/C9H4N6O8S/c16-12(17)4-1-5(13(18)19)8(6(2-4)14(20)21)24-7-3-10-9(11-7)15(22)23/h1-3H,(H,10,11). The molecule has 2 rings (SSSR count). The van der Waals surface area contributed by atoms with Gasteiger partial charge in [-0.2, -0.15) is 0 Å². The lowest BCUT2D eigenvalue weighted by Crippen LogP contribution is -2.00. The first kappa shape index (κ1) is 16.7. The lowest BCUT2D eigenvalue weighted by Gasteiger charge is -2.02. The number of aromatic amines is 1. The number of nitrogens with zero attached hydrogens (tertiary/aromatic N) is 5. The van der Waals surface area contributed by atoms with E-state index in [-0.39, 0.29) is 5.03 Å². The molecule has 0 saturated heterocycles. The van der Waals surface area contributed by atoms with E-state index in [9.17, 15) is 40.5 Å². The summed E-state index contributed by atoms with van der Waals surface area (Å²) < 4.78 is 0. The Bertz CT molecular complexity index is 844. The topological polar surface area (TPSA) is 201 Å². The number of H-pyrrole nitrogens is 1. The maximum absolute atomic E-state index is 11.1. The van der Waals surface area contributed by atoms with Crippen LogP contribution in [0.2, 0.25) is 0 Å². The third kappa shape index (κ3) is 3.24. The summed E-state index contributed by atoms with van der Waals surface area (Å²) in [6, 6.07) is 1.14. The van der Waals surface area contributed by atoms with Gasteiger partial charge in [0.15, 0.2) is 16.1 Å². The van der Waals surface area contributed by atoms with Gasteiger partial charge in [0, 0.05) is 0 Å². The monoisotopic (exact) mass is 356 g/mol. The largest absolute Gasteiger partial charge is 0.433 e. The number of nitro groups is 4. The molecule has 24 heavy (non-hydrogen) atoms. The van der Waals surface area contributed by atoms with E-state index in [4.69, 9.17) is 0 Å². The van der Waals surface area contributed by atoms with E-state index in [2.05, 4.69) is 9.97 Å². The smallest absolute Gasteiger partial charge is 0.390 e. The second-order valence-electron chi connectivity index (χ2n) is 4.01. The lowest BCUT2D eigenvalue weighted by atomic mass is 10.2. The first-order chi connectivity index (χ1) is 11.2. The number of nitrogens with one attached hydrogen (secondary N) is 1. The molecule has 0 aliphatic carbocycles. The number of hydrogen-bond acceptors (Lipinski definition) is 10. The van der Waals surface area contributed by atoms with Gasteiger partial charge < -0.3 is 10.1 Å². The van der Waals surface area contributed by atoms with Crippen molar-refractivity contribution >= 4 is 34.8 Å². The van der Waals surface area contributed by atoms with Gasteiger partial charge in [0.2, 0.25) is 0 Å². The SMILES string of the molecule is O=[N+]([O-])c1cc([N+](=O)[O-])c(Sc2cnc([N+](=O)[O-])[nH]2)c([N+](=O)[O-])c1. The fraction of sp³-hybridized carbons (Fsp3) is 0. The zero-order valence-electron chi connectivity index (χ0n) is 11.1. The molecule has 15 heteroatoms. The van der Waals surface area contributed by atoms with Crippen molar-refractivity contribution in [2.45, 2.75) is 9.92 Å². The van der Waals surface area contributed by atoms with Crippen LogP contribution in [-0.4, -0.2) is 29.7 Å². The minimum absolute atomic E-state index is 0.0817. The summed E-state index contributed by atoms with van der Waals surface area (Å²) in [4.78, 5) is 44.6. The molecule has 2 aromatic rings. The van der Waals surface area contributed by atoms with Crippen molar-refractivity contribution < 1.29 is 19.7 Å². The molecular formula is C9H4N6O8S. The highest BCUT2D eigenvalue weighted by molar-refractivity contribution is 7.99. The van der Waals surface area contributed by atoms with E-state index in [0.29, 0.717) is 23.9 Å². The highest BCUT2D eigenvalue weighted by Crippen LogP contribution is 2.43. The van der Waals surface area contributed by atoms with Crippen LogP contribution in [0.5, 0.6) is 0 Å². The van der Waals surface area contributed by atoms with Gasteiger partial charge in [0.25, 0.3) is 17.1 Å². The average Bonchev–Trinajstić information content (AvgIpc) is 2.95. The van der Waals surface area contributed by atoms with Crippen LogP contribution in [0.4, 0.5) is 23.0 Å². The van der Waals surface area contributed by atoms with Crippen molar-refractivity contribution in [3.05, 3.63) is 58.8 Å². The number of benzene rings is 1. The Morgan fingerprint density at radius 2 is 1.42 bits per heavy atom. The predicted octanol–water partition coefficient (Wildman–Crippen LogP) is 2.19. The molecule has 0 spiro atoms. The summed E-state index contributed by atoms with van der Waals surface area (Å²) >= 11 is 0.428. The predicted molar refractivity (Wildman–Crippen MR) is 75.8 cm³/mol. The Kier molecular flexibility index (Phi) is 4.36. The molecule has 1 aromatic carbocycles. The third-order valence-corrected chi connectivity index (χ3v) is 3.61. The fourth-order valence-electron chi connectivity index (χ4n) is 1.61. The maximum Gasteiger partial charge on any atom is 0.433 e. The number of rotatable bonds is 6. The van der Waals surface area contributed by atoms with Crippen LogP contribution in [-0.2, 0) is 0 Å². The summed E-state index contributed by atoms with van der Waals surface area (Å²) in [7, 11) is 0. The van der Waals surface area contributed by atoms with Crippen molar-refractivity contribution in [3.63, 3.8) is 0 Å². The minimum Gasteiger partial charge on any atom is -0.390 e. The molecule has 0 aliphatic rings. The fourth-order valence-corrected chi connectivity index (χ4v) is 2.56. The van der Waals surface area contributed by atoms with Gasteiger partial charge in [0.1, 0.15) is 0 Å². The molecule has 0 aliphatic heterocycles. The Balaban J connectivity index is 2.61. The minimum atomic E-state index is -1.02. The Hall–Kier alpha value is -3.62. The zero-order chi connectivity index (χ0) is 18.0. The number of nitro benzene ring substituents is 3. The molecule has 0 atom stereocenters. The Labute approximate surface area is 134 Å². The van der Waals surface area contributed by atoms with Crippen LogP contribution in [0.1, 0.15) is 0 Å². The third-order valence-electron chi connectivity index (χ3n) is 2.56. The van der Waals surface area contributed by atoms with E-state index in [1.54, 1.807) is 0 Å². The van der Waals surface area contributed by atoms with E-state index in [1.807, 2.05) is 0 Å². The number of imidazole rings is 1. The summed E-state index contributed by atoms with van der Waals surface area (Å²) in [5.74, 6) is -0.662. The molecule has 0 saturated carbocycles. The molecule has 0 radical (unpaired) electrons. The first-order valence-electron chi connectivity index (χ1n) is 5.69. The van der Waals surface area contributed by atoms with Crippen LogP contribution in [0.3, 0.4) is 0 Å². The second kappa shape index (κ2) is 6.24. The van der Waals surface area contributed by atoms with E-state index in [1.165, 1.54) is 0 Å². The molecule has 1 heterocycles. The number of aromatic nitrogens is 2. The lowest BCUT2D eigenvalue weighted by molar-refractivity contribution is -0.407. The number of non-ortho nitro benzene ring substituents is 1. The van der Waals surface area contributed by atoms with Gasteiger partial charge in [-0.15, -0.1) is 0 Å². The molecule has 0 amide bonds. The van der Waals surface area contributed by atoms with Gasteiger partial charge in [-0.05, 0) is 16.7 Å². The zero-order valence-corrected chi connectivity index (χ0v) is 12.0. The molecule has 1 N–H and O–H groups in total. The highest BCUT2D eigenvalue weighted by atomic mass is 32.2. The van der Waals surface area contributed by atoms with Gasteiger partial charge in [-0.3, -0.25) is 30.3 Å². The van der Waals surface area contributed by atoms with Crippen LogP contribution in [0.25, 0.3) is 0 Å². The van der Waals surface area contributed by atoms with Crippen molar-refractivity contribution in [2.24, 2.45) is 0 Å². The summed E-state index contributed by atoms with van der Waals surface area (Å²) in [5, 5.41) is 43.4. The molecule has 14 nitrogen and oxygen atoms in total. The maximum atomic E-state index is 11.1. The first-order valence-corrected chi connectivity index (χ1v) is 6.50. The van der Waals surface area contributed by atoms with E-state index < -0.39 is 47.6 Å². The summed E-state index contributed by atoms with van der Waals surface area (Å²) in [6.07, 6.45) is 0.956. The van der Waals surface area contributed by atoms with Crippen LogP contribution < -0.4 is 0 Å². The van der Waals surface area contributed by atoms with Crippen molar-refractivity contribution in [2.75, 3.05) is 0 Å². The molecule has 0 bridgehead atoms. The molecule has 0 fully saturated rings. The van der Waals surface area contributed by atoms with Gasteiger partial charge in [-0.1, -0.05) is 4.98 Å². The molecule has 1 aromatic heterocycles. The van der Waals surface area contributed by atoms with Crippen LogP contribution in [0.15, 0.2) is 28.3 Å². The van der Waals surface area contributed by atoms with Crippen LogP contribution >= 0.6 is 11.8 Å². The quantitative estimate of drug-likeness (QED) is 0.590. The van der Waals surface area contributed by atoms with Crippen molar-refractivity contribution in [1.29, 1.82) is 0 Å². The number of hydrogen-bond donors (Lipinski definition) is 1. The molecule has 0 unspecified atom stereocenters. The second-order valence-corrected chi connectivity index (χ2v) is 5.07. The van der Waals surface area contributed by atoms with Gasteiger partial charge >= 0.3 is 5.95 Å². The van der Waals surface area contributed by atoms with Crippen molar-refractivity contribution in [3.8, 4) is 0 Å². The molecular weight excluding hydrogens is 352 g/mol. The summed E-state index contributed by atoms with van der Waals surface area (Å²) in [6.45, 7) is 0. The van der Waals surface area contributed by atoms with Crippen LogP contribution in [0, 0.1) is 40.5 Å². The van der Waals surface area contributed by atoms with Gasteiger partial charge in [0.05, 0.1) is 26.9 Å². The Morgan fingerprint density at radius 3 is 1.79 bits per heavy atom. The summed E-state index contributed by atoms with van der Waals surface area (Å²) in [5.41, 5.74) is -2.58.